The second-order valence-electron chi connectivity index (χ2n) is 17.0. The average molecular weight is 713 g/mol. The zero-order chi connectivity index (χ0) is 37.7. The maximum atomic E-state index is 14.3. The van der Waals surface area contributed by atoms with Crippen LogP contribution >= 0.6 is 0 Å². The monoisotopic (exact) mass is 712 g/mol. The number of Topliss-reactive ketones (excluding diaryl/α,β-unsaturated/α-hetero) is 4. The fourth-order valence-corrected chi connectivity index (χ4v) is 7.79. The molecule has 2 fully saturated rings. The normalized spacial score (nSPS) is 18.0. The number of rotatable bonds is 23. The van der Waals surface area contributed by atoms with E-state index in [9.17, 15) is 24.0 Å². The molecule has 1 N–H and O–H groups in total. The van der Waals surface area contributed by atoms with Crippen molar-refractivity contribution in [3.05, 3.63) is 71.8 Å². The molecular formula is C45H64N2O5. The van der Waals surface area contributed by atoms with Crippen molar-refractivity contribution in [2.24, 2.45) is 35.0 Å². The second kappa shape index (κ2) is 20.1. The molecule has 1 heterocycles. The molecule has 0 spiro atoms. The molecule has 2 aliphatic rings. The van der Waals surface area contributed by atoms with Gasteiger partial charge in [0.05, 0.1) is 12.6 Å². The Bertz CT molecular complexity index is 1460. The van der Waals surface area contributed by atoms with Gasteiger partial charge in [0, 0.05) is 42.4 Å². The summed E-state index contributed by atoms with van der Waals surface area (Å²) in [6.45, 7) is 12.4. The van der Waals surface area contributed by atoms with E-state index in [1.54, 1.807) is 0 Å². The molecule has 1 saturated carbocycles. The Kier molecular flexibility index (Phi) is 16.0. The summed E-state index contributed by atoms with van der Waals surface area (Å²) in [7, 11) is 0. The van der Waals surface area contributed by atoms with E-state index in [1.165, 1.54) is 6.42 Å². The van der Waals surface area contributed by atoms with E-state index in [-0.39, 0.29) is 65.6 Å². The van der Waals surface area contributed by atoms with Crippen LogP contribution in [0.4, 0.5) is 0 Å². The molecule has 2 aromatic rings. The molecule has 0 radical (unpaired) electrons. The molecule has 1 aliphatic carbocycles. The molecule has 0 unspecified atom stereocenters. The van der Waals surface area contributed by atoms with Crippen LogP contribution in [0.3, 0.4) is 0 Å². The minimum Gasteiger partial charge on any atom is -0.346 e. The third kappa shape index (κ3) is 13.5. The SMILES string of the molecule is CC(C)C[C@H](CC(=O)[C@H](CCc1ccccc1)CC(=O)CN1CCCCC1)C(=O)C[C@@H](Cc1ccccc1)C(=O)N[C@@H](CC(C)C)C(=O)C1(C)CC1. The lowest BCUT2D eigenvalue weighted by Crippen LogP contribution is -2.47. The molecule has 7 heteroatoms. The summed E-state index contributed by atoms with van der Waals surface area (Å²) in [5.41, 5.74) is 1.69. The Balaban J connectivity index is 1.51. The third-order valence-corrected chi connectivity index (χ3v) is 11.1. The lowest BCUT2D eigenvalue weighted by atomic mass is 9.80. The first-order valence-corrected chi connectivity index (χ1v) is 20.0. The van der Waals surface area contributed by atoms with Gasteiger partial charge in [0.1, 0.15) is 17.3 Å². The van der Waals surface area contributed by atoms with Gasteiger partial charge in [-0.25, -0.2) is 0 Å². The summed E-state index contributed by atoms with van der Waals surface area (Å²) >= 11 is 0. The summed E-state index contributed by atoms with van der Waals surface area (Å²) in [5.74, 6) is -1.54. The number of carbonyl (C=O) groups is 5. The van der Waals surface area contributed by atoms with Gasteiger partial charge in [0.2, 0.25) is 5.91 Å². The molecule has 4 rings (SSSR count). The molecule has 1 saturated heterocycles. The Hall–Kier alpha value is -3.45. The number of hydrogen-bond acceptors (Lipinski definition) is 6. The minimum absolute atomic E-state index is 0.00613. The fraction of sp³-hybridized carbons (Fsp3) is 0.622. The largest absolute Gasteiger partial charge is 0.346 e. The van der Waals surface area contributed by atoms with Crippen LogP contribution in [0.5, 0.6) is 0 Å². The maximum absolute atomic E-state index is 14.3. The van der Waals surface area contributed by atoms with E-state index in [0.717, 1.165) is 49.9 Å². The van der Waals surface area contributed by atoms with Gasteiger partial charge in [-0.2, -0.15) is 0 Å². The van der Waals surface area contributed by atoms with E-state index in [2.05, 4.69) is 37.9 Å². The van der Waals surface area contributed by atoms with Gasteiger partial charge in [0.25, 0.3) is 0 Å². The van der Waals surface area contributed by atoms with Crippen LogP contribution in [0, 0.1) is 35.0 Å². The number of amides is 1. The van der Waals surface area contributed by atoms with Crippen LogP contribution < -0.4 is 5.32 Å². The lowest BCUT2D eigenvalue weighted by Gasteiger charge is -2.27. The molecule has 284 valence electrons. The average Bonchev–Trinajstić information content (AvgIpc) is 3.87. The summed E-state index contributed by atoms with van der Waals surface area (Å²) in [4.78, 5) is 71.6. The van der Waals surface area contributed by atoms with E-state index in [1.807, 2.05) is 67.6 Å². The lowest BCUT2D eigenvalue weighted by molar-refractivity contribution is -0.136. The summed E-state index contributed by atoms with van der Waals surface area (Å²) < 4.78 is 0. The highest BCUT2D eigenvalue weighted by Gasteiger charge is 2.48. The first-order valence-electron chi connectivity index (χ1n) is 20.0. The highest BCUT2D eigenvalue weighted by molar-refractivity contribution is 5.97. The number of benzene rings is 2. The Morgan fingerprint density at radius 2 is 1.25 bits per heavy atom. The number of carbonyl (C=O) groups excluding carboxylic acids is 5. The molecule has 7 nitrogen and oxygen atoms in total. The smallest absolute Gasteiger partial charge is 0.224 e. The molecule has 2 aromatic carbocycles. The number of aryl methyl sites for hydroxylation is 1. The molecular weight excluding hydrogens is 649 g/mol. The van der Waals surface area contributed by atoms with Gasteiger partial charge in [-0.05, 0) is 93.8 Å². The third-order valence-electron chi connectivity index (χ3n) is 11.1. The Labute approximate surface area is 313 Å². The minimum atomic E-state index is -0.672. The van der Waals surface area contributed by atoms with E-state index in [4.69, 9.17) is 0 Å². The van der Waals surface area contributed by atoms with Crippen LogP contribution in [0.15, 0.2) is 60.7 Å². The standard InChI is InChI=1S/C45H64N2O5/c1-32(2)25-37(29-41(49)36(20-19-34-15-9-6-10-16-34)28-39(48)31-47-23-13-8-14-24-47)42(50)30-38(27-35-17-11-7-12-18-35)44(52)46-40(26-33(3)4)43(51)45(5)21-22-45/h6-7,9-12,15-18,32-33,36-38,40H,8,13-14,19-31H2,1-5H3,(H,46,52)/t36-,37-,38-,40+/m1/s1. The molecule has 0 aromatic heterocycles. The number of ketones is 4. The molecule has 1 aliphatic heterocycles. The van der Waals surface area contributed by atoms with Crippen molar-refractivity contribution in [1.82, 2.24) is 10.2 Å². The zero-order valence-electron chi connectivity index (χ0n) is 32.5. The van der Waals surface area contributed by atoms with Crippen molar-refractivity contribution < 1.29 is 24.0 Å². The number of hydrogen-bond donors (Lipinski definition) is 1. The van der Waals surface area contributed by atoms with Crippen molar-refractivity contribution in [2.75, 3.05) is 19.6 Å². The topological polar surface area (TPSA) is 101 Å². The van der Waals surface area contributed by atoms with Crippen LogP contribution in [0.1, 0.15) is 116 Å². The van der Waals surface area contributed by atoms with Crippen molar-refractivity contribution in [2.45, 2.75) is 124 Å². The first kappa shape index (κ1) is 41.3. The first-order chi connectivity index (χ1) is 24.8. The van der Waals surface area contributed by atoms with E-state index in [0.29, 0.717) is 38.6 Å². The van der Waals surface area contributed by atoms with Crippen LogP contribution in [-0.4, -0.2) is 59.6 Å². The number of piperidine rings is 1. The van der Waals surface area contributed by atoms with Crippen LogP contribution in [0.25, 0.3) is 0 Å². The predicted molar refractivity (Wildman–Crippen MR) is 208 cm³/mol. The molecule has 1 amide bonds. The van der Waals surface area contributed by atoms with Gasteiger partial charge in [-0.1, -0.05) is 102 Å². The number of nitrogens with zero attached hydrogens (tertiary/aromatic N) is 1. The fourth-order valence-electron chi connectivity index (χ4n) is 7.79. The summed E-state index contributed by atoms with van der Waals surface area (Å²) in [5, 5.41) is 3.10. The molecule has 0 bridgehead atoms. The number of likely N-dealkylation sites (tertiary alicyclic amines) is 1. The predicted octanol–water partition coefficient (Wildman–Crippen LogP) is 8.02. The van der Waals surface area contributed by atoms with Crippen molar-refractivity contribution >= 4 is 29.0 Å². The van der Waals surface area contributed by atoms with Crippen molar-refractivity contribution in [1.29, 1.82) is 0 Å². The van der Waals surface area contributed by atoms with Gasteiger partial charge in [-0.3, -0.25) is 28.9 Å². The van der Waals surface area contributed by atoms with Crippen molar-refractivity contribution in [3.63, 3.8) is 0 Å². The van der Waals surface area contributed by atoms with Crippen LogP contribution in [0.2, 0.25) is 0 Å². The second-order valence-corrected chi connectivity index (χ2v) is 17.0. The summed E-state index contributed by atoms with van der Waals surface area (Å²) in [6.07, 6.45) is 8.01. The maximum Gasteiger partial charge on any atom is 0.224 e. The highest BCUT2D eigenvalue weighted by Crippen LogP contribution is 2.47. The van der Waals surface area contributed by atoms with E-state index < -0.39 is 23.8 Å². The van der Waals surface area contributed by atoms with Crippen LogP contribution in [-0.2, 0) is 36.8 Å². The van der Waals surface area contributed by atoms with Gasteiger partial charge in [-0.15, -0.1) is 0 Å². The van der Waals surface area contributed by atoms with E-state index >= 15 is 0 Å². The zero-order valence-corrected chi connectivity index (χ0v) is 32.5. The van der Waals surface area contributed by atoms with Gasteiger partial charge < -0.3 is 5.32 Å². The molecule has 4 atom stereocenters. The van der Waals surface area contributed by atoms with Crippen molar-refractivity contribution in [3.8, 4) is 0 Å². The quantitative estimate of drug-likeness (QED) is 0.125. The molecule has 52 heavy (non-hydrogen) atoms. The number of nitrogens with one attached hydrogen (secondary N) is 1. The van der Waals surface area contributed by atoms with Gasteiger partial charge in [0.15, 0.2) is 5.78 Å². The summed E-state index contributed by atoms with van der Waals surface area (Å²) in [6, 6.07) is 19.1. The Morgan fingerprint density at radius 1 is 0.692 bits per heavy atom. The Morgan fingerprint density at radius 3 is 1.83 bits per heavy atom. The highest BCUT2D eigenvalue weighted by atomic mass is 16.2. The van der Waals surface area contributed by atoms with Gasteiger partial charge >= 0.3 is 0 Å².